The molecule has 0 spiro atoms. The normalized spacial score (nSPS) is 11.9. The van der Waals surface area contributed by atoms with E-state index in [2.05, 4.69) is 11.9 Å². The maximum Gasteiger partial charge on any atom is 0.407 e. The van der Waals surface area contributed by atoms with Crippen LogP contribution in [0, 0.1) is 5.92 Å². The second kappa shape index (κ2) is 16.4. The third-order valence-electron chi connectivity index (χ3n) is 3.67. The Morgan fingerprint density at radius 2 is 1.28 bits per heavy atom. The van der Waals surface area contributed by atoms with Crippen molar-refractivity contribution >= 4 is 27.3 Å². The highest BCUT2D eigenvalue weighted by molar-refractivity contribution is 7.55. The first-order valence-electron chi connectivity index (χ1n) is 10.5. The molecule has 0 rings (SSSR count). The molecule has 0 bridgehead atoms. The molecule has 0 saturated heterocycles. The van der Waals surface area contributed by atoms with Crippen molar-refractivity contribution in [1.29, 1.82) is 0 Å². The van der Waals surface area contributed by atoms with Gasteiger partial charge in [-0.2, -0.15) is 0 Å². The van der Waals surface area contributed by atoms with E-state index in [0.717, 1.165) is 0 Å². The molecule has 11 nitrogen and oxygen atoms in total. The quantitative estimate of drug-likeness (QED) is 0.127. The molecule has 32 heavy (non-hydrogen) atoms. The Balaban J connectivity index is 5.09. The van der Waals surface area contributed by atoms with Crippen LogP contribution >= 0.6 is 15.2 Å². The predicted molar refractivity (Wildman–Crippen MR) is 120 cm³/mol. The molecule has 1 amide bonds. The molecular weight excluding hydrogens is 464 g/mol. The Bertz CT molecular complexity index is 633. The van der Waals surface area contributed by atoms with Crippen molar-refractivity contribution in [3.8, 4) is 0 Å². The van der Waals surface area contributed by atoms with Gasteiger partial charge in [0.05, 0.1) is 51.9 Å². The number of carbonyl (C=O) groups is 2. The molecule has 0 radical (unpaired) electrons. The van der Waals surface area contributed by atoms with Crippen molar-refractivity contribution < 1.29 is 46.3 Å². The van der Waals surface area contributed by atoms with Crippen molar-refractivity contribution in [2.75, 3.05) is 58.5 Å². The van der Waals surface area contributed by atoms with Crippen molar-refractivity contribution in [2.24, 2.45) is 5.92 Å². The summed E-state index contributed by atoms with van der Waals surface area (Å²) in [5, 5.41) is 2.43. The summed E-state index contributed by atoms with van der Waals surface area (Å²) in [5.74, 6) is -1.25. The summed E-state index contributed by atoms with van der Waals surface area (Å²) >= 11 is 0. The Kier molecular flexibility index (Phi) is 15.8. The summed E-state index contributed by atoms with van der Waals surface area (Å²) in [5.41, 5.74) is 0.247. The number of amides is 1. The SMILES string of the molecule is C=C(C)C(=O)OCCNC(=O)OCC(CP(=O)(OCC)OCC)CP(=O)(OCC)OCC. The van der Waals surface area contributed by atoms with Crippen molar-refractivity contribution in [1.82, 2.24) is 5.32 Å². The third-order valence-corrected chi connectivity index (χ3v) is 8.20. The zero-order valence-electron chi connectivity index (χ0n) is 19.6. The topological polar surface area (TPSA) is 136 Å². The second-order valence-corrected chi connectivity index (χ2v) is 10.8. The number of alkyl carbamates (subject to hydrolysis) is 1. The van der Waals surface area contributed by atoms with Crippen LogP contribution in [0.1, 0.15) is 34.6 Å². The molecule has 0 fully saturated rings. The van der Waals surface area contributed by atoms with Crippen LogP contribution < -0.4 is 5.32 Å². The Hall–Kier alpha value is -1.22. The fraction of sp³-hybridized carbons (Fsp3) is 0.789. The molecule has 0 aromatic rings. The summed E-state index contributed by atoms with van der Waals surface area (Å²) in [6, 6.07) is 0. The fourth-order valence-corrected chi connectivity index (χ4v) is 6.61. The molecule has 188 valence electrons. The van der Waals surface area contributed by atoms with Gasteiger partial charge >= 0.3 is 27.3 Å². The zero-order valence-corrected chi connectivity index (χ0v) is 21.4. The van der Waals surface area contributed by atoms with Crippen LogP contribution in [0.25, 0.3) is 0 Å². The van der Waals surface area contributed by atoms with E-state index in [9.17, 15) is 18.7 Å². The Morgan fingerprint density at radius 1 is 0.844 bits per heavy atom. The van der Waals surface area contributed by atoms with E-state index < -0.39 is 33.2 Å². The lowest BCUT2D eigenvalue weighted by atomic mass is 10.2. The van der Waals surface area contributed by atoms with E-state index >= 15 is 0 Å². The van der Waals surface area contributed by atoms with Crippen LogP contribution in [-0.4, -0.2) is 70.6 Å². The molecule has 0 unspecified atom stereocenters. The number of hydrogen-bond donors (Lipinski definition) is 1. The first-order valence-corrected chi connectivity index (χ1v) is 14.0. The lowest BCUT2D eigenvalue weighted by Gasteiger charge is -2.26. The third kappa shape index (κ3) is 13.4. The van der Waals surface area contributed by atoms with E-state index in [4.69, 9.17) is 27.6 Å². The lowest BCUT2D eigenvalue weighted by Crippen LogP contribution is -2.31. The fourth-order valence-electron chi connectivity index (χ4n) is 2.53. The van der Waals surface area contributed by atoms with Gasteiger partial charge in [0, 0.05) is 11.5 Å². The van der Waals surface area contributed by atoms with Gasteiger partial charge < -0.3 is 32.9 Å². The van der Waals surface area contributed by atoms with Gasteiger partial charge in [0.1, 0.15) is 6.61 Å². The first kappa shape index (κ1) is 30.8. The Morgan fingerprint density at radius 3 is 1.66 bits per heavy atom. The highest BCUT2D eigenvalue weighted by Crippen LogP contribution is 2.54. The molecule has 0 aromatic carbocycles. The minimum atomic E-state index is -3.52. The van der Waals surface area contributed by atoms with Crippen LogP contribution in [0.2, 0.25) is 0 Å². The highest BCUT2D eigenvalue weighted by Gasteiger charge is 2.36. The summed E-state index contributed by atoms with van der Waals surface area (Å²) in [6.07, 6.45) is -1.06. The number of ether oxygens (including phenoxy) is 2. The molecular formula is C19H37NO10P2. The maximum absolute atomic E-state index is 13.0. The highest BCUT2D eigenvalue weighted by atomic mass is 31.2. The summed E-state index contributed by atoms with van der Waals surface area (Å²) in [6.45, 7) is 12.0. The van der Waals surface area contributed by atoms with Gasteiger partial charge in [-0.1, -0.05) is 6.58 Å². The van der Waals surface area contributed by atoms with Gasteiger partial charge in [0.15, 0.2) is 0 Å². The molecule has 0 aromatic heterocycles. The maximum atomic E-state index is 13.0. The number of carbonyl (C=O) groups excluding carboxylic acids is 2. The molecule has 13 heteroatoms. The average Bonchev–Trinajstić information content (AvgIpc) is 2.69. The van der Waals surface area contributed by atoms with Crippen LogP contribution in [0.3, 0.4) is 0 Å². The Labute approximate surface area is 190 Å². The summed E-state index contributed by atoms with van der Waals surface area (Å²) < 4.78 is 57.3. The van der Waals surface area contributed by atoms with Gasteiger partial charge in [-0.05, 0) is 34.6 Å². The number of nitrogens with one attached hydrogen (secondary N) is 1. The van der Waals surface area contributed by atoms with Gasteiger partial charge in [-0.3, -0.25) is 9.13 Å². The largest absolute Gasteiger partial charge is 0.460 e. The van der Waals surface area contributed by atoms with E-state index in [1.807, 2.05) is 0 Å². The standard InChI is InChI=1S/C19H37NO10P2/c1-7-27-31(23,28-8-2)14-17(15-32(24,29-9-3)30-10-4)13-26-19(22)20-11-12-25-18(21)16(5)6/h17H,5,7-15H2,1-4,6H3,(H,20,22). The van der Waals surface area contributed by atoms with Crippen LogP contribution in [-0.2, 0) is 41.5 Å². The second-order valence-electron chi connectivity index (χ2n) is 6.57. The predicted octanol–water partition coefficient (Wildman–Crippen LogP) is 3.98. The van der Waals surface area contributed by atoms with E-state index in [0.29, 0.717) is 0 Å². The first-order chi connectivity index (χ1) is 15.0. The minimum Gasteiger partial charge on any atom is -0.460 e. The molecule has 0 saturated carbocycles. The molecule has 0 atom stereocenters. The smallest absolute Gasteiger partial charge is 0.407 e. The summed E-state index contributed by atoms with van der Waals surface area (Å²) in [7, 11) is -7.03. The van der Waals surface area contributed by atoms with Crippen LogP contribution in [0.4, 0.5) is 4.79 Å². The minimum absolute atomic E-state index is 0.0231. The molecule has 0 aliphatic rings. The van der Waals surface area contributed by atoms with Crippen molar-refractivity contribution in [2.45, 2.75) is 34.6 Å². The van der Waals surface area contributed by atoms with Crippen molar-refractivity contribution in [3.05, 3.63) is 12.2 Å². The van der Waals surface area contributed by atoms with Crippen LogP contribution in [0.5, 0.6) is 0 Å². The van der Waals surface area contributed by atoms with Gasteiger partial charge in [-0.15, -0.1) is 0 Å². The monoisotopic (exact) mass is 501 g/mol. The number of rotatable bonds is 18. The van der Waals surface area contributed by atoms with Gasteiger partial charge in [0.25, 0.3) is 0 Å². The molecule has 1 N–H and O–H groups in total. The number of hydrogen-bond acceptors (Lipinski definition) is 10. The zero-order chi connectivity index (χ0) is 24.6. The van der Waals surface area contributed by atoms with E-state index in [1.165, 1.54) is 6.92 Å². The van der Waals surface area contributed by atoms with Gasteiger partial charge in [-0.25, -0.2) is 9.59 Å². The van der Waals surface area contributed by atoms with E-state index in [-0.39, 0.29) is 64.1 Å². The van der Waals surface area contributed by atoms with Crippen LogP contribution in [0.15, 0.2) is 12.2 Å². The lowest BCUT2D eigenvalue weighted by molar-refractivity contribution is -0.138. The molecule has 0 heterocycles. The molecule has 0 aliphatic heterocycles. The number of esters is 1. The average molecular weight is 501 g/mol. The summed E-state index contributed by atoms with van der Waals surface area (Å²) in [4.78, 5) is 23.3. The van der Waals surface area contributed by atoms with E-state index in [1.54, 1.807) is 27.7 Å². The van der Waals surface area contributed by atoms with Crippen molar-refractivity contribution in [3.63, 3.8) is 0 Å². The van der Waals surface area contributed by atoms with Gasteiger partial charge in [0.2, 0.25) is 0 Å². The molecule has 0 aliphatic carbocycles.